The summed E-state index contributed by atoms with van der Waals surface area (Å²) in [5, 5.41) is 21.3. The first-order chi connectivity index (χ1) is 19.6. The lowest BCUT2D eigenvalue weighted by Gasteiger charge is -2.32. The number of carbonyl (C=O) groups is 2. The highest BCUT2D eigenvalue weighted by Crippen LogP contribution is 2.34. The Morgan fingerprint density at radius 2 is 1.29 bits per heavy atom. The molecule has 2 fully saturated rings. The fourth-order valence-corrected chi connectivity index (χ4v) is 4.44. The van der Waals surface area contributed by atoms with Gasteiger partial charge in [-0.05, 0) is 73.7 Å². The van der Waals surface area contributed by atoms with E-state index in [0.717, 1.165) is 80.4 Å². The topological polar surface area (TPSA) is 138 Å². The molecule has 0 unspecified atom stereocenters. The number of nitrogens with one attached hydrogen (secondary N) is 1. The summed E-state index contributed by atoms with van der Waals surface area (Å²) in [7, 11) is 3.28. The first-order valence-corrected chi connectivity index (χ1v) is 14.6. The molecule has 0 aliphatic carbocycles. The zero-order chi connectivity index (χ0) is 30.4. The Hall–Kier alpha value is -2.63. The molecule has 0 radical (unpaired) electrons. The van der Waals surface area contributed by atoms with Crippen LogP contribution in [-0.4, -0.2) is 85.7 Å². The number of aliphatic hydroxyl groups is 2. The van der Waals surface area contributed by atoms with E-state index in [4.69, 9.17) is 50.0 Å². The van der Waals surface area contributed by atoms with Crippen molar-refractivity contribution in [1.29, 1.82) is 0 Å². The van der Waals surface area contributed by atoms with E-state index in [-0.39, 0.29) is 29.9 Å². The van der Waals surface area contributed by atoms with Gasteiger partial charge in [0.15, 0.2) is 0 Å². The van der Waals surface area contributed by atoms with Gasteiger partial charge in [-0.2, -0.15) is 0 Å². The van der Waals surface area contributed by atoms with Crippen LogP contribution in [0.25, 0.3) is 0 Å². The molecule has 2 saturated heterocycles. The molecule has 0 atom stereocenters. The Labute approximate surface area is 256 Å². The average molecular weight is 634 g/mol. The van der Waals surface area contributed by atoms with Crippen LogP contribution < -0.4 is 30.3 Å². The number of halogens is 3. The predicted octanol–water partition coefficient (Wildman–Crippen LogP) is 4.06. The van der Waals surface area contributed by atoms with Gasteiger partial charge >= 0.3 is 0 Å². The quantitative estimate of drug-likeness (QED) is 0.202. The molecular formula is C28H39Cl3N4O6. The number of nitrogen functional groups attached to an aromatic ring is 1. The number of aliphatic hydroxyl groups excluding tert-OH is 2. The van der Waals surface area contributed by atoms with Crippen LogP contribution >= 0.6 is 34.8 Å². The number of nitrogens with zero attached hydrogens (tertiary/aromatic N) is 2. The Kier molecular flexibility index (Phi) is 15.2. The number of anilines is 4. The minimum Gasteiger partial charge on any atom is -0.495 e. The number of nitrogens with two attached hydrogens (primary N) is 1. The summed E-state index contributed by atoms with van der Waals surface area (Å²) in [4.78, 5) is 25.2. The SMILES string of the molecule is COc1ccc(N)cc1N1CCC(O)CC1.COc1ccc(NC(=O)CCl)cc1N1CCC(O)CC1.O=C(Cl)CCl. The van der Waals surface area contributed by atoms with Gasteiger partial charge in [0.05, 0.1) is 43.7 Å². The first-order valence-electron chi connectivity index (χ1n) is 13.2. The molecule has 2 aliphatic rings. The third-order valence-electron chi connectivity index (χ3n) is 6.50. The highest BCUT2D eigenvalue weighted by Gasteiger charge is 2.21. The van der Waals surface area contributed by atoms with Gasteiger partial charge in [-0.15, -0.1) is 23.2 Å². The highest BCUT2D eigenvalue weighted by molar-refractivity contribution is 6.67. The molecule has 2 heterocycles. The van der Waals surface area contributed by atoms with E-state index in [0.29, 0.717) is 5.69 Å². The van der Waals surface area contributed by atoms with Crippen LogP contribution in [0.1, 0.15) is 25.7 Å². The molecule has 228 valence electrons. The number of amides is 1. The normalized spacial score (nSPS) is 15.6. The molecule has 41 heavy (non-hydrogen) atoms. The highest BCUT2D eigenvalue weighted by atomic mass is 35.5. The van der Waals surface area contributed by atoms with Gasteiger partial charge in [0.2, 0.25) is 11.1 Å². The van der Waals surface area contributed by atoms with E-state index in [9.17, 15) is 19.8 Å². The predicted molar refractivity (Wildman–Crippen MR) is 166 cm³/mol. The fraction of sp³-hybridized carbons (Fsp3) is 0.500. The van der Waals surface area contributed by atoms with Gasteiger partial charge in [0.25, 0.3) is 0 Å². The molecular weight excluding hydrogens is 595 g/mol. The Bertz CT molecular complexity index is 1110. The van der Waals surface area contributed by atoms with Crippen LogP contribution in [-0.2, 0) is 9.59 Å². The minimum absolute atomic E-state index is 0.0722. The van der Waals surface area contributed by atoms with E-state index >= 15 is 0 Å². The number of hydrogen-bond donors (Lipinski definition) is 4. The van der Waals surface area contributed by atoms with Crippen molar-refractivity contribution in [2.24, 2.45) is 0 Å². The lowest BCUT2D eigenvalue weighted by molar-refractivity contribution is -0.114. The lowest BCUT2D eigenvalue weighted by Crippen LogP contribution is -2.36. The average Bonchev–Trinajstić information content (AvgIpc) is 2.98. The summed E-state index contributed by atoms with van der Waals surface area (Å²) in [6, 6.07) is 11.1. The van der Waals surface area contributed by atoms with E-state index < -0.39 is 5.24 Å². The van der Waals surface area contributed by atoms with Crippen LogP contribution in [0.2, 0.25) is 0 Å². The smallest absolute Gasteiger partial charge is 0.239 e. The maximum absolute atomic E-state index is 11.3. The number of carbonyl (C=O) groups excluding carboxylic acids is 2. The number of benzene rings is 2. The van der Waals surface area contributed by atoms with E-state index in [2.05, 4.69) is 15.1 Å². The zero-order valence-electron chi connectivity index (χ0n) is 23.3. The molecule has 2 aliphatic heterocycles. The van der Waals surface area contributed by atoms with Crippen molar-refractivity contribution < 1.29 is 29.3 Å². The lowest BCUT2D eigenvalue weighted by atomic mass is 10.1. The second kappa shape index (κ2) is 18.0. The number of methoxy groups -OCH3 is 2. The number of piperidine rings is 2. The van der Waals surface area contributed by atoms with Crippen molar-refractivity contribution in [2.75, 3.05) is 73.0 Å². The molecule has 0 spiro atoms. The van der Waals surface area contributed by atoms with Gasteiger partial charge in [-0.1, -0.05) is 0 Å². The second-order valence-electron chi connectivity index (χ2n) is 9.42. The summed E-state index contributed by atoms with van der Waals surface area (Å²) >= 11 is 15.0. The third kappa shape index (κ3) is 11.6. The number of alkyl halides is 2. The summed E-state index contributed by atoms with van der Waals surface area (Å²) in [6.45, 7) is 3.23. The van der Waals surface area contributed by atoms with Gasteiger partial charge in [-0.25, -0.2) is 0 Å². The fourth-order valence-electron chi connectivity index (χ4n) is 4.38. The molecule has 13 heteroatoms. The van der Waals surface area contributed by atoms with E-state index in [1.165, 1.54) is 0 Å². The van der Waals surface area contributed by atoms with Crippen LogP contribution in [0.3, 0.4) is 0 Å². The maximum atomic E-state index is 11.3. The Balaban J connectivity index is 0.000000251. The van der Waals surface area contributed by atoms with Crippen LogP contribution in [0, 0.1) is 0 Å². The zero-order valence-corrected chi connectivity index (χ0v) is 25.6. The summed E-state index contributed by atoms with van der Waals surface area (Å²) in [6.07, 6.45) is 2.69. The first kappa shape index (κ1) is 34.6. The second-order valence-corrected chi connectivity index (χ2v) is 10.4. The van der Waals surface area contributed by atoms with E-state index in [1.807, 2.05) is 30.3 Å². The molecule has 10 nitrogen and oxygen atoms in total. The van der Waals surface area contributed by atoms with Gasteiger partial charge in [0.1, 0.15) is 17.4 Å². The van der Waals surface area contributed by atoms with Crippen molar-refractivity contribution in [3.8, 4) is 11.5 Å². The molecule has 2 aromatic rings. The van der Waals surface area contributed by atoms with Crippen LogP contribution in [0.5, 0.6) is 11.5 Å². The molecule has 1 amide bonds. The maximum Gasteiger partial charge on any atom is 0.239 e. The Morgan fingerprint density at radius 3 is 1.71 bits per heavy atom. The number of ether oxygens (including phenoxy) is 2. The Morgan fingerprint density at radius 1 is 0.854 bits per heavy atom. The number of hydrogen-bond acceptors (Lipinski definition) is 9. The molecule has 0 bridgehead atoms. The molecule has 5 N–H and O–H groups in total. The van der Waals surface area contributed by atoms with Gasteiger partial charge < -0.3 is 40.5 Å². The minimum atomic E-state index is -0.508. The summed E-state index contributed by atoms with van der Waals surface area (Å²) in [5.41, 5.74) is 9.16. The van der Waals surface area contributed by atoms with Crippen LogP contribution in [0.15, 0.2) is 36.4 Å². The van der Waals surface area contributed by atoms with Crippen molar-refractivity contribution in [3.63, 3.8) is 0 Å². The van der Waals surface area contributed by atoms with E-state index in [1.54, 1.807) is 20.3 Å². The largest absolute Gasteiger partial charge is 0.495 e. The van der Waals surface area contributed by atoms with Gasteiger partial charge in [0, 0.05) is 37.6 Å². The monoisotopic (exact) mass is 632 g/mol. The molecule has 4 rings (SSSR count). The molecule has 0 saturated carbocycles. The number of rotatable bonds is 7. The van der Waals surface area contributed by atoms with Crippen molar-refractivity contribution in [1.82, 2.24) is 0 Å². The molecule has 2 aromatic carbocycles. The molecule has 0 aromatic heterocycles. The van der Waals surface area contributed by atoms with Crippen molar-refractivity contribution in [2.45, 2.75) is 37.9 Å². The standard InChI is InChI=1S/C14H19ClN2O3.C12H18N2O2.C2H2Cl2O/c1-20-13-3-2-10(16-14(19)9-15)8-12(13)17-6-4-11(18)5-7-17;1-16-12-3-2-9(13)8-11(12)14-6-4-10(15)5-7-14;3-1-2(4)5/h2-3,8,11,18H,4-7,9H2,1H3,(H,16,19);2-3,8,10,15H,4-7,13H2,1H3;1H2. The summed E-state index contributed by atoms with van der Waals surface area (Å²) < 4.78 is 10.7. The third-order valence-corrected chi connectivity index (χ3v) is 7.26. The van der Waals surface area contributed by atoms with Gasteiger partial charge in [-0.3, -0.25) is 9.59 Å². The van der Waals surface area contributed by atoms with Crippen LogP contribution in [0.4, 0.5) is 22.7 Å². The van der Waals surface area contributed by atoms with Crippen molar-refractivity contribution in [3.05, 3.63) is 36.4 Å². The summed E-state index contributed by atoms with van der Waals surface area (Å²) in [5.74, 6) is 1.19. The van der Waals surface area contributed by atoms with Crippen molar-refractivity contribution >= 4 is 68.7 Å².